The second-order valence-corrected chi connectivity index (χ2v) is 7.93. The van der Waals surface area contributed by atoms with Crippen LogP contribution in [0.2, 0.25) is 0 Å². The molecule has 1 aliphatic rings. The molecule has 27 heavy (non-hydrogen) atoms. The lowest BCUT2D eigenvalue weighted by atomic mass is 10.0. The first-order valence-electron chi connectivity index (χ1n) is 9.71. The standard InChI is InChI=1S/C20H29NO5S/c1-4-15-13(3)18(20(24)25-5-2)19(27-15)21-16(22)12-26-17(23)11-10-14-8-6-7-9-14/h14H,4-12H2,1-3H3,(H,21,22). The van der Waals surface area contributed by atoms with Gasteiger partial charge in [0.25, 0.3) is 5.91 Å². The molecule has 1 saturated carbocycles. The van der Waals surface area contributed by atoms with Gasteiger partial charge in [0.05, 0.1) is 12.2 Å². The summed E-state index contributed by atoms with van der Waals surface area (Å²) in [4.78, 5) is 37.3. The summed E-state index contributed by atoms with van der Waals surface area (Å²) in [6.07, 6.45) is 6.79. The van der Waals surface area contributed by atoms with E-state index in [0.29, 0.717) is 22.9 Å². The van der Waals surface area contributed by atoms with Crippen LogP contribution < -0.4 is 5.32 Å². The summed E-state index contributed by atoms with van der Waals surface area (Å²) < 4.78 is 10.2. The van der Waals surface area contributed by atoms with Crippen molar-refractivity contribution < 1.29 is 23.9 Å². The Bertz CT molecular complexity index is 676. The molecule has 7 heteroatoms. The molecule has 0 radical (unpaired) electrons. The molecule has 6 nitrogen and oxygen atoms in total. The zero-order chi connectivity index (χ0) is 19.8. The van der Waals surface area contributed by atoms with Crippen molar-refractivity contribution in [2.75, 3.05) is 18.5 Å². The second kappa shape index (κ2) is 10.4. The summed E-state index contributed by atoms with van der Waals surface area (Å²) in [5.74, 6) is -0.632. The van der Waals surface area contributed by atoms with Crippen molar-refractivity contribution in [1.29, 1.82) is 0 Å². The number of ether oxygens (including phenoxy) is 2. The molecular formula is C20H29NO5S. The fraction of sp³-hybridized carbons (Fsp3) is 0.650. The summed E-state index contributed by atoms with van der Waals surface area (Å²) in [5, 5.41) is 3.15. The van der Waals surface area contributed by atoms with Gasteiger partial charge in [0.15, 0.2) is 6.61 Å². The molecule has 0 spiro atoms. The lowest BCUT2D eigenvalue weighted by Gasteiger charge is -2.09. The number of amides is 1. The molecule has 1 fully saturated rings. The molecule has 1 amide bonds. The molecule has 0 aliphatic heterocycles. The summed E-state index contributed by atoms with van der Waals surface area (Å²) in [5.41, 5.74) is 1.21. The van der Waals surface area contributed by atoms with Gasteiger partial charge in [0.1, 0.15) is 5.00 Å². The molecule has 0 saturated heterocycles. The highest BCUT2D eigenvalue weighted by Gasteiger charge is 2.23. The number of anilines is 1. The molecule has 1 heterocycles. The Morgan fingerprint density at radius 3 is 2.48 bits per heavy atom. The average Bonchev–Trinajstić information content (AvgIpc) is 3.26. The smallest absolute Gasteiger partial charge is 0.341 e. The number of hydrogen-bond acceptors (Lipinski definition) is 6. The molecule has 0 aromatic carbocycles. The predicted octanol–water partition coefficient (Wildman–Crippen LogP) is 4.25. The molecule has 0 atom stereocenters. The fourth-order valence-electron chi connectivity index (χ4n) is 3.44. The van der Waals surface area contributed by atoms with Gasteiger partial charge in [-0.15, -0.1) is 11.3 Å². The van der Waals surface area contributed by atoms with Gasteiger partial charge in [-0.25, -0.2) is 4.79 Å². The third-order valence-electron chi connectivity index (χ3n) is 4.89. The average molecular weight is 396 g/mol. The van der Waals surface area contributed by atoms with Crippen molar-refractivity contribution >= 4 is 34.2 Å². The number of nitrogens with one attached hydrogen (secondary N) is 1. The number of carbonyl (C=O) groups is 3. The number of carbonyl (C=O) groups excluding carboxylic acids is 3. The highest BCUT2D eigenvalue weighted by molar-refractivity contribution is 7.17. The Balaban J connectivity index is 1.88. The van der Waals surface area contributed by atoms with E-state index >= 15 is 0 Å². The zero-order valence-corrected chi connectivity index (χ0v) is 17.2. The Morgan fingerprint density at radius 1 is 1.15 bits per heavy atom. The Morgan fingerprint density at radius 2 is 1.85 bits per heavy atom. The van der Waals surface area contributed by atoms with E-state index in [1.165, 1.54) is 37.0 Å². The van der Waals surface area contributed by atoms with Gasteiger partial charge in [0, 0.05) is 11.3 Å². The van der Waals surface area contributed by atoms with E-state index in [9.17, 15) is 14.4 Å². The van der Waals surface area contributed by atoms with E-state index in [0.717, 1.165) is 23.3 Å². The Kier molecular flexibility index (Phi) is 8.28. The van der Waals surface area contributed by atoms with Crippen LogP contribution in [0.25, 0.3) is 0 Å². The van der Waals surface area contributed by atoms with Gasteiger partial charge >= 0.3 is 11.9 Å². The number of esters is 2. The third kappa shape index (κ3) is 6.06. The minimum absolute atomic E-state index is 0.265. The Hall–Kier alpha value is -1.89. The molecule has 1 aliphatic carbocycles. The van der Waals surface area contributed by atoms with E-state index in [1.807, 2.05) is 13.8 Å². The molecule has 150 valence electrons. The van der Waals surface area contributed by atoms with E-state index < -0.39 is 11.9 Å². The summed E-state index contributed by atoms with van der Waals surface area (Å²) in [6.45, 7) is 5.50. The molecule has 1 N–H and O–H groups in total. The van der Waals surface area contributed by atoms with Gasteiger partial charge in [-0.3, -0.25) is 9.59 Å². The van der Waals surface area contributed by atoms with Crippen LogP contribution in [0.15, 0.2) is 0 Å². The topological polar surface area (TPSA) is 81.7 Å². The third-order valence-corrected chi connectivity index (χ3v) is 6.25. The van der Waals surface area contributed by atoms with Crippen molar-refractivity contribution in [2.24, 2.45) is 5.92 Å². The first kappa shape index (κ1) is 21.4. The first-order valence-corrected chi connectivity index (χ1v) is 10.5. The van der Waals surface area contributed by atoms with Crippen molar-refractivity contribution in [3.05, 3.63) is 16.0 Å². The lowest BCUT2D eigenvalue weighted by Crippen LogP contribution is -2.22. The lowest BCUT2D eigenvalue weighted by molar-refractivity contribution is -0.147. The molecule has 0 unspecified atom stereocenters. The van der Waals surface area contributed by atoms with E-state index in [-0.39, 0.29) is 19.2 Å². The molecule has 2 rings (SSSR count). The second-order valence-electron chi connectivity index (χ2n) is 6.83. The molecule has 1 aromatic heterocycles. The monoisotopic (exact) mass is 395 g/mol. The normalized spacial score (nSPS) is 14.2. The summed E-state index contributed by atoms with van der Waals surface area (Å²) in [6, 6.07) is 0. The number of rotatable bonds is 9. The van der Waals surface area contributed by atoms with Crippen LogP contribution in [0.1, 0.15) is 73.2 Å². The molecular weight excluding hydrogens is 366 g/mol. The van der Waals surface area contributed by atoms with Gasteiger partial charge in [-0.05, 0) is 38.2 Å². The van der Waals surface area contributed by atoms with Crippen LogP contribution in [0.4, 0.5) is 5.00 Å². The maximum absolute atomic E-state index is 12.2. The quantitative estimate of drug-likeness (QED) is 0.632. The summed E-state index contributed by atoms with van der Waals surface area (Å²) >= 11 is 1.36. The number of thiophene rings is 1. The van der Waals surface area contributed by atoms with Crippen LogP contribution in [0, 0.1) is 12.8 Å². The maximum atomic E-state index is 12.2. The van der Waals surface area contributed by atoms with Gasteiger partial charge in [0.2, 0.25) is 0 Å². The molecule has 1 aromatic rings. The maximum Gasteiger partial charge on any atom is 0.341 e. The van der Waals surface area contributed by atoms with Crippen LogP contribution >= 0.6 is 11.3 Å². The minimum atomic E-state index is -0.449. The van der Waals surface area contributed by atoms with Gasteiger partial charge in [-0.1, -0.05) is 32.6 Å². The minimum Gasteiger partial charge on any atom is -0.462 e. The van der Waals surface area contributed by atoms with Crippen LogP contribution in [0.3, 0.4) is 0 Å². The molecule has 0 bridgehead atoms. The first-order chi connectivity index (χ1) is 13.0. The summed E-state index contributed by atoms with van der Waals surface area (Å²) in [7, 11) is 0. The van der Waals surface area contributed by atoms with E-state index in [1.54, 1.807) is 6.92 Å². The van der Waals surface area contributed by atoms with Gasteiger partial charge < -0.3 is 14.8 Å². The highest BCUT2D eigenvalue weighted by Crippen LogP contribution is 2.34. The van der Waals surface area contributed by atoms with Crippen LogP contribution in [-0.4, -0.2) is 31.1 Å². The van der Waals surface area contributed by atoms with Gasteiger partial charge in [-0.2, -0.15) is 0 Å². The van der Waals surface area contributed by atoms with Crippen molar-refractivity contribution in [2.45, 2.75) is 65.7 Å². The van der Waals surface area contributed by atoms with Crippen LogP contribution in [0.5, 0.6) is 0 Å². The highest BCUT2D eigenvalue weighted by atomic mass is 32.1. The number of hydrogen-bond donors (Lipinski definition) is 1. The fourth-order valence-corrected chi connectivity index (χ4v) is 4.59. The van der Waals surface area contributed by atoms with Crippen LogP contribution in [-0.2, 0) is 25.5 Å². The van der Waals surface area contributed by atoms with Crippen molar-refractivity contribution in [3.8, 4) is 0 Å². The Labute approximate surface area is 164 Å². The zero-order valence-electron chi connectivity index (χ0n) is 16.4. The largest absolute Gasteiger partial charge is 0.462 e. The van der Waals surface area contributed by atoms with E-state index in [2.05, 4.69) is 5.32 Å². The van der Waals surface area contributed by atoms with E-state index in [4.69, 9.17) is 9.47 Å². The van der Waals surface area contributed by atoms with Crippen molar-refractivity contribution in [1.82, 2.24) is 0 Å². The number of aryl methyl sites for hydroxylation is 1. The predicted molar refractivity (Wildman–Crippen MR) is 105 cm³/mol. The van der Waals surface area contributed by atoms with Crippen molar-refractivity contribution in [3.63, 3.8) is 0 Å². The SMILES string of the molecule is CCOC(=O)c1c(NC(=O)COC(=O)CCC2CCCC2)sc(CC)c1C.